The SMILES string of the molecule is Cc1[nH]c2ccccc2c1[C@H]1c2cc([N+](=O)[O-])ccc2O[C@]2(N3CCOCC3)CCCC[C@H]12. The number of para-hydroxylation sites is 1. The van der Waals surface area contributed by atoms with Gasteiger partial charge in [-0.25, -0.2) is 0 Å². The van der Waals surface area contributed by atoms with Crippen LogP contribution in [0.4, 0.5) is 5.69 Å². The van der Waals surface area contributed by atoms with E-state index in [9.17, 15) is 10.1 Å². The second-order valence-electron chi connectivity index (χ2n) is 9.56. The molecule has 7 heteroatoms. The van der Waals surface area contributed by atoms with Crippen molar-refractivity contribution in [3.63, 3.8) is 0 Å². The average molecular weight is 448 g/mol. The van der Waals surface area contributed by atoms with Crippen LogP contribution in [0.5, 0.6) is 5.75 Å². The number of H-pyrrole nitrogens is 1. The maximum atomic E-state index is 11.7. The van der Waals surface area contributed by atoms with Gasteiger partial charge in [0.05, 0.1) is 18.1 Å². The number of benzene rings is 2. The summed E-state index contributed by atoms with van der Waals surface area (Å²) in [7, 11) is 0. The number of ether oxygens (including phenoxy) is 2. The molecule has 1 aromatic heterocycles. The molecule has 2 fully saturated rings. The fraction of sp³-hybridized carbons (Fsp3) is 0.462. The fourth-order valence-electron chi connectivity index (χ4n) is 6.55. The molecule has 0 bridgehead atoms. The van der Waals surface area contributed by atoms with Crippen molar-refractivity contribution in [1.29, 1.82) is 0 Å². The normalized spacial score (nSPS) is 27.5. The van der Waals surface area contributed by atoms with Gasteiger partial charge >= 0.3 is 0 Å². The predicted octanol–water partition coefficient (Wildman–Crippen LogP) is 5.13. The standard InChI is InChI=1S/C26H29N3O4/c1-17-24(19-6-2-3-8-22(19)27-17)25-20-16-18(29(30)31)9-10-23(20)33-26(11-5-4-7-21(25)26)28-12-14-32-15-13-28/h2-3,6,8-10,16,21,25,27H,4-5,7,11-15H2,1H3/t21-,25+,26-/m1/s1. The van der Waals surface area contributed by atoms with Gasteiger partial charge in [-0.05, 0) is 37.5 Å². The van der Waals surface area contributed by atoms with Crippen LogP contribution in [-0.4, -0.2) is 46.8 Å². The Kier molecular flexibility index (Phi) is 4.92. The molecule has 172 valence electrons. The van der Waals surface area contributed by atoms with Crippen LogP contribution in [0.25, 0.3) is 10.9 Å². The maximum Gasteiger partial charge on any atom is 0.269 e. The lowest BCUT2D eigenvalue weighted by Gasteiger charge is -2.56. The van der Waals surface area contributed by atoms with E-state index >= 15 is 0 Å². The van der Waals surface area contributed by atoms with Gasteiger partial charge < -0.3 is 14.5 Å². The molecule has 33 heavy (non-hydrogen) atoms. The molecule has 1 aliphatic carbocycles. The average Bonchev–Trinajstić information content (AvgIpc) is 3.18. The highest BCUT2D eigenvalue weighted by Gasteiger charge is 2.55. The number of morpholine rings is 1. The third kappa shape index (κ3) is 3.17. The largest absolute Gasteiger partial charge is 0.472 e. The highest BCUT2D eigenvalue weighted by atomic mass is 16.6. The van der Waals surface area contributed by atoms with Crippen LogP contribution in [-0.2, 0) is 4.74 Å². The quantitative estimate of drug-likeness (QED) is 0.445. The molecule has 1 N–H and O–H groups in total. The van der Waals surface area contributed by atoms with Gasteiger partial charge in [-0.2, -0.15) is 0 Å². The molecule has 1 saturated carbocycles. The third-order valence-corrected chi connectivity index (χ3v) is 7.91. The first-order valence-electron chi connectivity index (χ1n) is 12.0. The van der Waals surface area contributed by atoms with E-state index in [4.69, 9.17) is 9.47 Å². The molecule has 2 aromatic carbocycles. The molecule has 1 saturated heterocycles. The topological polar surface area (TPSA) is 80.6 Å². The van der Waals surface area contributed by atoms with Gasteiger partial charge in [0.1, 0.15) is 5.75 Å². The summed E-state index contributed by atoms with van der Waals surface area (Å²) in [5, 5.41) is 12.9. The van der Waals surface area contributed by atoms with Gasteiger partial charge in [-0.3, -0.25) is 15.0 Å². The minimum atomic E-state index is -0.416. The molecular weight excluding hydrogens is 418 g/mol. The number of hydrogen-bond acceptors (Lipinski definition) is 5. The summed E-state index contributed by atoms with van der Waals surface area (Å²) in [6.45, 7) is 5.24. The van der Waals surface area contributed by atoms with E-state index in [0.717, 1.165) is 61.3 Å². The number of nitrogens with one attached hydrogen (secondary N) is 1. The van der Waals surface area contributed by atoms with Gasteiger partial charge in [0, 0.05) is 65.6 Å². The van der Waals surface area contributed by atoms with E-state index < -0.39 is 5.72 Å². The van der Waals surface area contributed by atoms with Crippen LogP contribution in [0.3, 0.4) is 0 Å². The van der Waals surface area contributed by atoms with Crippen molar-refractivity contribution in [1.82, 2.24) is 9.88 Å². The van der Waals surface area contributed by atoms with Crippen LogP contribution in [0.1, 0.15) is 48.4 Å². The Morgan fingerprint density at radius 2 is 1.97 bits per heavy atom. The molecule has 0 amide bonds. The highest BCUT2D eigenvalue weighted by Crippen LogP contribution is 2.57. The first kappa shape index (κ1) is 20.7. The van der Waals surface area contributed by atoms with Gasteiger partial charge in [0.25, 0.3) is 5.69 Å². The molecule has 3 atom stereocenters. The van der Waals surface area contributed by atoms with Gasteiger partial charge in [0.15, 0.2) is 5.72 Å². The van der Waals surface area contributed by atoms with E-state index in [0.29, 0.717) is 13.2 Å². The van der Waals surface area contributed by atoms with Crippen molar-refractivity contribution in [3.05, 3.63) is 69.4 Å². The summed E-state index contributed by atoms with van der Waals surface area (Å²) in [5.74, 6) is 1.00. The lowest BCUT2D eigenvalue weighted by Crippen LogP contribution is -2.64. The van der Waals surface area contributed by atoms with E-state index in [1.165, 1.54) is 10.9 Å². The number of nitrogens with zero attached hydrogens (tertiary/aromatic N) is 2. The highest BCUT2D eigenvalue weighted by molar-refractivity contribution is 5.86. The number of nitro benzene ring substituents is 1. The van der Waals surface area contributed by atoms with Gasteiger partial charge in [-0.15, -0.1) is 0 Å². The molecular formula is C26H29N3O4. The Hall–Kier alpha value is -2.90. The number of fused-ring (bicyclic) bond motifs is 3. The summed E-state index contributed by atoms with van der Waals surface area (Å²) in [4.78, 5) is 17.4. The van der Waals surface area contributed by atoms with Crippen molar-refractivity contribution in [2.45, 2.75) is 44.2 Å². The Morgan fingerprint density at radius 1 is 1.15 bits per heavy atom. The Balaban J connectivity index is 1.60. The summed E-state index contributed by atoms with van der Waals surface area (Å²) >= 11 is 0. The zero-order valence-corrected chi connectivity index (χ0v) is 18.9. The van der Waals surface area contributed by atoms with Gasteiger partial charge in [-0.1, -0.05) is 24.6 Å². The second kappa shape index (κ2) is 7.85. The predicted molar refractivity (Wildman–Crippen MR) is 126 cm³/mol. The lowest BCUT2D eigenvalue weighted by atomic mass is 9.66. The first-order valence-corrected chi connectivity index (χ1v) is 12.0. The second-order valence-corrected chi connectivity index (χ2v) is 9.56. The smallest absolute Gasteiger partial charge is 0.269 e. The molecule has 7 nitrogen and oxygen atoms in total. The van der Waals surface area contributed by atoms with Crippen molar-refractivity contribution in [2.75, 3.05) is 26.3 Å². The van der Waals surface area contributed by atoms with Crippen LogP contribution in [0, 0.1) is 23.0 Å². The molecule has 3 heterocycles. The van der Waals surface area contributed by atoms with Crippen molar-refractivity contribution in [3.8, 4) is 5.75 Å². The number of aromatic amines is 1. The Labute approximate surface area is 192 Å². The summed E-state index contributed by atoms with van der Waals surface area (Å²) in [6.07, 6.45) is 4.26. The lowest BCUT2D eigenvalue weighted by molar-refractivity contribution is -0.385. The van der Waals surface area contributed by atoms with Crippen molar-refractivity contribution >= 4 is 16.6 Å². The zero-order chi connectivity index (χ0) is 22.6. The molecule has 0 radical (unpaired) electrons. The molecule has 0 unspecified atom stereocenters. The monoisotopic (exact) mass is 447 g/mol. The van der Waals surface area contributed by atoms with E-state index in [-0.39, 0.29) is 22.4 Å². The fourth-order valence-corrected chi connectivity index (χ4v) is 6.55. The number of nitro groups is 1. The zero-order valence-electron chi connectivity index (χ0n) is 18.9. The number of aromatic nitrogens is 1. The van der Waals surface area contributed by atoms with E-state index in [1.54, 1.807) is 12.1 Å². The number of non-ortho nitro benzene ring substituents is 1. The van der Waals surface area contributed by atoms with E-state index in [1.807, 2.05) is 12.1 Å². The van der Waals surface area contributed by atoms with Crippen molar-refractivity contribution in [2.24, 2.45) is 5.92 Å². The van der Waals surface area contributed by atoms with Crippen molar-refractivity contribution < 1.29 is 14.4 Å². The van der Waals surface area contributed by atoms with Gasteiger partial charge in [0.2, 0.25) is 0 Å². The minimum absolute atomic E-state index is 0.0212. The summed E-state index contributed by atoms with van der Waals surface area (Å²) in [6, 6.07) is 13.5. The minimum Gasteiger partial charge on any atom is -0.472 e. The van der Waals surface area contributed by atoms with E-state index in [2.05, 4.69) is 35.0 Å². The number of rotatable bonds is 3. The number of hydrogen-bond donors (Lipinski definition) is 1. The summed E-state index contributed by atoms with van der Waals surface area (Å²) < 4.78 is 12.6. The van der Waals surface area contributed by atoms with Crippen LogP contribution < -0.4 is 4.74 Å². The van der Waals surface area contributed by atoms with Crippen LogP contribution in [0.2, 0.25) is 0 Å². The molecule has 0 spiro atoms. The third-order valence-electron chi connectivity index (χ3n) is 7.91. The first-order chi connectivity index (χ1) is 16.1. The number of aryl methyl sites for hydroxylation is 1. The maximum absolute atomic E-state index is 11.7. The Morgan fingerprint density at radius 3 is 2.79 bits per heavy atom. The van der Waals surface area contributed by atoms with Crippen LogP contribution in [0.15, 0.2) is 42.5 Å². The molecule has 6 rings (SSSR count). The summed E-state index contributed by atoms with van der Waals surface area (Å²) in [5.41, 5.74) is 4.13. The Bertz CT molecular complexity index is 1220. The molecule has 3 aliphatic rings. The molecule has 3 aromatic rings. The molecule has 2 aliphatic heterocycles. The van der Waals surface area contributed by atoms with Crippen LogP contribution >= 0.6 is 0 Å².